The van der Waals surface area contributed by atoms with E-state index in [-0.39, 0.29) is 28.6 Å². The summed E-state index contributed by atoms with van der Waals surface area (Å²) in [5.41, 5.74) is 3.98. The number of hydrogen-bond donors (Lipinski definition) is 2. The van der Waals surface area contributed by atoms with Crippen LogP contribution in [0.25, 0.3) is 6.08 Å². The van der Waals surface area contributed by atoms with Crippen molar-refractivity contribution in [3.05, 3.63) is 131 Å². The second kappa shape index (κ2) is 12.4. The molecular formula is C32H28N2O5S. The number of nitrogens with one attached hydrogen (secondary N) is 2. The molecule has 0 aromatic heterocycles. The molecule has 8 heteroatoms. The zero-order valence-electron chi connectivity index (χ0n) is 22.0. The number of rotatable bonds is 9. The highest BCUT2D eigenvalue weighted by Gasteiger charge is 2.17. The van der Waals surface area contributed by atoms with Crippen LogP contribution in [0.1, 0.15) is 32.6 Å². The Balaban J connectivity index is 1.53. The molecule has 0 unspecified atom stereocenters. The van der Waals surface area contributed by atoms with Crippen molar-refractivity contribution in [2.75, 3.05) is 16.9 Å². The summed E-state index contributed by atoms with van der Waals surface area (Å²) >= 11 is 0. The molecule has 4 aromatic carbocycles. The molecule has 0 saturated carbocycles. The van der Waals surface area contributed by atoms with Crippen LogP contribution in [0.3, 0.4) is 0 Å². The van der Waals surface area contributed by atoms with Crippen molar-refractivity contribution < 1.29 is 22.8 Å². The summed E-state index contributed by atoms with van der Waals surface area (Å²) in [4.78, 5) is 39.0. The van der Waals surface area contributed by atoms with Crippen LogP contribution in [0.15, 0.2) is 108 Å². The summed E-state index contributed by atoms with van der Waals surface area (Å²) in [5, 5.41) is 5.57. The van der Waals surface area contributed by atoms with Crippen LogP contribution < -0.4 is 10.6 Å². The Morgan fingerprint density at radius 2 is 1.48 bits per heavy atom. The van der Waals surface area contributed by atoms with Gasteiger partial charge in [-0.1, -0.05) is 72.3 Å². The van der Waals surface area contributed by atoms with E-state index in [1.54, 1.807) is 60.7 Å². The SMILES string of the molecule is Cc1ccc(CC(=O)Nc2ccc(NC(=O)/C=C/c3ccc(S(C)(=O)=O)cc3)cc2C(=O)c2ccccc2)cc1. The number of anilines is 2. The molecule has 7 nitrogen and oxygen atoms in total. The van der Waals surface area contributed by atoms with Gasteiger partial charge in [-0.25, -0.2) is 8.42 Å². The molecule has 0 fully saturated rings. The van der Waals surface area contributed by atoms with Crippen molar-refractivity contribution in [2.24, 2.45) is 0 Å². The Hall–Kier alpha value is -4.82. The molecule has 0 aliphatic heterocycles. The highest BCUT2D eigenvalue weighted by atomic mass is 32.2. The highest BCUT2D eigenvalue weighted by Crippen LogP contribution is 2.24. The van der Waals surface area contributed by atoms with Crippen LogP contribution in [-0.2, 0) is 25.8 Å². The van der Waals surface area contributed by atoms with Crippen LogP contribution in [0.4, 0.5) is 11.4 Å². The van der Waals surface area contributed by atoms with Gasteiger partial charge >= 0.3 is 0 Å². The third-order valence-electron chi connectivity index (χ3n) is 6.06. The van der Waals surface area contributed by atoms with E-state index in [2.05, 4.69) is 10.6 Å². The third kappa shape index (κ3) is 7.61. The Bertz CT molecular complexity index is 1680. The van der Waals surface area contributed by atoms with E-state index in [0.29, 0.717) is 22.5 Å². The normalized spacial score (nSPS) is 11.2. The Kier molecular flexibility index (Phi) is 8.71. The molecule has 40 heavy (non-hydrogen) atoms. The van der Waals surface area contributed by atoms with E-state index in [0.717, 1.165) is 17.4 Å². The van der Waals surface area contributed by atoms with Gasteiger partial charge in [-0.3, -0.25) is 14.4 Å². The average Bonchev–Trinajstić information content (AvgIpc) is 2.94. The van der Waals surface area contributed by atoms with Crippen LogP contribution in [-0.4, -0.2) is 32.3 Å². The van der Waals surface area contributed by atoms with Crippen molar-refractivity contribution in [2.45, 2.75) is 18.2 Å². The van der Waals surface area contributed by atoms with E-state index < -0.39 is 15.7 Å². The number of ketones is 1. The fourth-order valence-electron chi connectivity index (χ4n) is 3.93. The van der Waals surface area contributed by atoms with Gasteiger partial charge in [0.15, 0.2) is 15.6 Å². The maximum absolute atomic E-state index is 13.4. The van der Waals surface area contributed by atoms with Crippen LogP contribution in [0.2, 0.25) is 0 Å². The summed E-state index contributed by atoms with van der Waals surface area (Å²) in [6.45, 7) is 1.97. The minimum Gasteiger partial charge on any atom is -0.325 e. The van der Waals surface area contributed by atoms with Gasteiger partial charge in [0.25, 0.3) is 0 Å². The first-order valence-electron chi connectivity index (χ1n) is 12.5. The molecule has 0 radical (unpaired) electrons. The third-order valence-corrected chi connectivity index (χ3v) is 7.19. The standard InChI is InChI=1S/C32H28N2O5S/c1-22-8-10-24(11-9-22)20-31(36)34-29-18-15-26(21-28(29)32(37)25-6-4-3-5-7-25)33-30(35)19-14-23-12-16-27(17-13-23)40(2,38)39/h3-19,21H,20H2,1-2H3,(H,33,35)(H,34,36)/b19-14+. The van der Waals surface area contributed by atoms with Gasteiger partial charge in [0, 0.05) is 29.1 Å². The monoisotopic (exact) mass is 552 g/mol. The van der Waals surface area contributed by atoms with Gasteiger partial charge in [0.05, 0.1) is 17.0 Å². The van der Waals surface area contributed by atoms with Crippen molar-refractivity contribution in [1.82, 2.24) is 0 Å². The topological polar surface area (TPSA) is 109 Å². The molecule has 0 atom stereocenters. The van der Waals surface area contributed by atoms with Crippen LogP contribution in [0.5, 0.6) is 0 Å². The fourth-order valence-corrected chi connectivity index (χ4v) is 4.56. The number of carbonyl (C=O) groups excluding carboxylic acids is 3. The number of carbonyl (C=O) groups is 3. The van der Waals surface area contributed by atoms with E-state index >= 15 is 0 Å². The van der Waals surface area contributed by atoms with Crippen molar-refractivity contribution in [3.8, 4) is 0 Å². The fraction of sp³-hybridized carbons (Fsp3) is 0.0938. The van der Waals surface area contributed by atoms with Crippen molar-refractivity contribution in [3.63, 3.8) is 0 Å². The number of hydrogen-bond acceptors (Lipinski definition) is 5. The molecule has 0 aliphatic carbocycles. The molecule has 2 N–H and O–H groups in total. The van der Waals surface area contributed by atoms with Gasteiger partial charge in [-0.05, 0) is 54.5 Å². The summed E-state index contributed by atoms with van der Waals surface area (Å²) in [6, 6.07) is 27.2. The lowest BCUT2D eigenvalue weighted by molar-refractivity contribution is -0.115. The summed E-state index contributed by atoms with van der Waals surface area (Å²) in [6.07, 6.45) is 4.14. The molecular weight excluding hydrogens is 524 g/mol. The van der Waals surface area contributed by atoms with Gasteiger partial charge < -0.3 is 10.6 Å². The summed E-state index contributed by atoms with van der Waals surface area (Å²) in [5.74, 6) is -1.02. The largest absolute Gasteiger partial charge is 0.325 e. The molecule has 0 bridgehead atoms. The van der Waals surface area contributed by atoms with Crippen LogP contribution >= 0.6 is 0 Å². The number of sulfone groups is 1. The minimum atomic E-state index is -3.31. The zero-order chi connectivity index (χ0) is 28.7. The summed E-state index contributed by atoms with van der Waals surface area (Å²) in [7, 11) is -3.31. The molecule has 0 spiro atoms. The zero-order valence-corrected chi connectivity index (χ0v) is 22.9. The highest BCUT2D eigenvalue weighted by molar-refractivity contribution is 7.90. The van der Waals surface area contributed by atoms with E-state index in [9.17, 15) is 22.8 Å². The molecule has 0 heterocycles. The molecule has 4 aromatic rings. The van der Waals surface area contributed by atoms with Gasteiger partial charge in [-0.15, -0.1) is 0 Å². The van der Waals surface area contributed by atoms with Gasteiger partial charge in [0.1, 0.15) is 0 Å². The molecule has 4 rings (SSSR count). The smallest absolute Gasteiger partial charge is 0.248 e. The Morgan fingerprint density at radius 3 is 2.12 bits per heavy atom. The maximum atomic E-state index is 13.4. The average molecular weight is 553 g/mol. The summed E-state index contributed by atoms with van der Waals surface area (Å²) < 4.78 is 23.3. The van der Waals surface area contributed by atoms with Gasteiger partial charge in [-0.2, -0.15) is 0 Å². The first kappa shape index (κ1) is 28.2. The second-order valence-electron chi connectivity index (χ2n) is 9.33. The van der Waals surface area contributed by atoms with Crippen molar-refractivity contribution in [1.29, 1.82) is 0 Å². The molecule has 0 saturated heterocycles. The number of benzene rings is 4. The second-order valence-corrected chi connectivity index (χ2v) is 11.3. The molecule has 202 valence electrons. The van der Waals surface area contributed by atoms with E-state index in [1.807, 2.05) is 31.2 Å². The molecule has 0 aliphatic rings. The maximum Gasteiger partial charge on any atom is 0.248 e. The number of aryl methyl sites for hydroxylation is 1. The van der Waals surface area contributed by atoms with E-state index in [1.165, 1.54) is 24.3 Å². The minimum absolute atomic E-state index is 0.147. The molecule has 2 amide bonds. The predicted molar refractivity (Wildman–Crippen MR) is 157 cm³/mol. The quantitative estimate of drug-likeness (QED) is 0.212. The predicted octanol–water partition coefficient (Wildman–Crippen LogP) is 5.46. The Morgan fingerprint density at radius 1 is 0.800 bits per heavy atom. The first-order valence-corrected chi connectivity index (χ1v) is 14.4. The van der Waals surface area contributed by atoms with Crippen LogP contribution in [0, 0.1) is 6.92 Å². The van der Waals surface area contributed by atoms with Crippen molar-refractivity contribution >= 4 is 44.9 Å². The van der Waals surface area contributed by atoms with Gasteiger partial charge in [0.2, 0.25) is 11.8 Å². The Labute approximate surface area is 233 Å². The van der Waals surface area contributed by atoms with E-state index in [4.69, 9.17) is 0 Å². The number of amides is 2. The lowest BCUT2D eigenvalue weighted by Crippen LogP contribution is -2.18. The lowest BCUT2D eigenvalue weighted by atomic mass is 10.0. The lowest BCUT2D eigenvalue weighted by Gasteiger charge is -2.13. The first-order chi connectivity index (χ1) is 19.1.